The van der Waals surface area contributed by atoms with Gasteiger partial charge in [0.05, 0.1) is 7.11 Å². The van der Waals surface area contributed by atoms with E-state index in [-0.39, 0.29) is 11.4 Å². The van der Waals surface area contributed by atoms with Crippen LogP contribution in [-0.2, 0) is 14.8 Å². The molecule has 1 fully saturated rings. The minimum absolute atomic E-state index is 0.0185. The van der Waals surface area contributed by atoms with Gasteiger partial charge in [0, 0.05) is 17.1 Å². The number of carbonyl (C=O) groups is 1. The summed E-state index contributed by atoms with van der Waals surface area (Å²) in [6.45, 7) is 0.211. The standard InChI is InChI=1S/C12H14BrNO5S/c1-19-8-4-5-9(13)11(7-8)20(17,18)14-6-2-3-10(14)12(15)16/h4-5,7,10H,2-3,6H2,1H3,(H,15,16)/t10-/m1/s1. The maximum atomic E-state index is 12.6. The van der Waals surface area contributed by atoms with Gasteiger partial charge >= 0.3 is 5.97 Å². The van der Waals surface area contributed by atoms with Crippen LogP contribution < -0.4 is 4.74 Å². The van der Waals surface area contributed by atoms with Crippen molar-refractivity contribution in [2.45, 2.75) is 23.8 Å². The lowest BCUT2D eigenvalue weighted by Crippen LogP contribution is -2.40. The normalized spacial score (nSPS) is 20.0. The fraction of sp³-hybridized carbons (Fsp3) is 0.417. The van der Waals surface area contributed by atoms with Crippen molar-refractivity contribution < 1.29 is 23.1 Å². The Morgan fingerprint density at radius 1 is 1.50 bits per heavy atom. The van der Waals surface area contributed by atoms with E-state index in [4.69, 9.17) is 9.84 Å². The summed E-state index contributed by atoms with van der Waals surface area (Å²) in [5.41, 5.74) is 0. The molecule has 6 nitrogen and oxygen atoms in total. The van der Waals surface area contributed by atoms with Crippen molar-refractivity contribution in [3.8, 4) is 5.75 Å². The molecule has 1 saturated heterocycles. The van der Waals surface area contributed by atoms with E-state index in [2.05, 4.69) is 15.9 Å². The summed E-state index contributed by atoms with van der Waals surface area (Å²) in [5.74, 6) is -0.719. The van der Waals surface area contributed by atoms with Crippen molar-refractivity contribution in [2.24, 2.45) is 0 Å². The highest BCUT2D eigenvalue weighted by Gasteiger charge is 2.40. The van der Waals surface area contributed by atoms with E-state index >= 15 is 0 Å². The minimum Gasteiger partial charge on any atom is -0.497 e. The third kappa shape index (κ3) is 2.68. The van der Waals surface area contributed by atoms with Gasteiger partial charge in [-0.3, -0.25) is 4.79 Å². The Balaban J connectivity index is 2.47. The first-order valence-corrected chi connectivity index (χ1v) is 8.19. The van der Waals surface area contributed by atoms with Gasteiger partial charge in [0.25, 0.3) is 0 Å². The summed E-state index contributed by atoms with van der Waals surface area (Å²) < 4.78 is 31.7. The second-order valence-corrected chi connectivity index (χ2v) is 7.12. The van der Waals surface area contributed by atoms with Gasteiger partial charge in [-0.25, -0.2) is 8.42 Å². The van der Waals surface area contributed by atoms with Crippen molar-refractivity contribution in [2.75, 3.05) is 13.7 Å². The maximum Gasteiger partial charge on any atom is 0.322 e. The predicted octanol–water partition coefficient (Wildman–Crippen LogP) is 1.70. The lowest BCUT2D eigenvalue weighted by Gasteiger charge is -2.21. The Labute approximate surface area is 125 Å². The van der Waals surface area contributed by atoms with Crippen LogP contribution in [0.15, 0.2) is 27.6 Å². The van der Waals surface area contributed by atoms with Crippen molar-refractivity contribution in [3.05, 3.63) is 22.7 Å². The number of rotatable bonds is 4. The van der Waals surface area contributed by atoms with Crippen molar-refractivity contribution in [1.29, 1.82) is 0 Å². The molecule has 20 heavy (non-hydrogen) atoms. The largest absolute Gasteiger partial charge is 0.497 e. The molecule has 0 aliphatic carbocycles. The number of halogens is 1. The number of hydrogen-bond donors (Lipinski definition) is 1. The highest BCUT2D eigenvalue weighted by atomic mass is 79.9. The molecular formula is C12H14BrNO5S. The monoisotopic (exact) mass is 363 g/mol. The van der Waals surface area contributed by atoms with Crippen LogP contribution in [0.5, 0.6) is 5.75 Å². The summed E-state index contributed by atoms with van der Waals surface area (Å²) in [5, 5.41) is 9.12. The van der Waals surface area contributed by atoms with Gasteiger partial charge in [-0.2, -0.15) is 4.31 Å². The molecule has 0 aromatic heterocycles. The first-order valence-electron chi connectivity index (χ1n) is 5.96. The van der Waals surface area contributed by atoms with E-state index in [9.17, 15) is 13.2 Å². The summed E-state index contributed by atoms with van der Waals surface area (Å²) in [6.07, 6.45) is 0.869. The molecule has 0 unspecified atom stereocenters. The summed E-state index contributed by atoms with van der Waals surface area (Å²) in [4.78, 5) is 11.2. The fourth-order valence-electron chi connectivity index (χ4n) is 2.21. The third-order valence-electron chi connectivity index (χ3n) is 3.21. The molecule has 0 saturated carbocycles. The Morgan fingerprint density at radius 2 is 2.20 bits per heavy atom. The summed E-state index contributed by atoms with van der Waals surface area (Å²) >= 11 is 3.19. The van der Waals surface area contributed by atoms with Crippen LogP contribution in [-0.4, -0.2) is 43.5 Å². The van der Waals surface area contributed by atoms with Gasteiger partial charge in [-0.15, -0.1) is 0 Å². The molecule has 0 spiro atoms. The van der Waals surface area contributed by atoms with E-state index in [1.807, 2.05) is 0 Å². The lowest BCUT2D eigenvalue weighted by molar-refractivity contribution is -0.140. The molecule has 1 N–H and O–H groups in total. The molecule has 1 aromatic carbocycles. The molecule has 0 amide bonds. The van der Waals surface area contributed by atoms with Crippen molar-refractivity contribution in [3.63, 3.8) is 0 Å². The van der Waals surface area contributed by atoms with E-state index in [1.54, 1.807) is 12.1 Å². The van der Waals surface area contributed by atoms with E-state index in [0.29, 0.717) is 23.1 Å². The van der Waals surface area contributed by atoms with Crippen LogP contribution in [0.1, 0.15) is 12.8 Å². The van der Waals surface area contributed by atoms with Gasteiger partial charge < -0.3 is 9.84 Å². The molecule has 0 bridgehead atoms. The zero-order chi connectivity index (χ0) is 14.9. The number of carboxylic acid groups (broad SMARTS) is 1. The SMILES string of the molecule is COc1ccc(Br)c(S(=O)(=O)N2CCC[C@@H]2C(=O)O)c1. The number of nitrogens with zero attached hydrogens (tertiary/aromatic N) is 1. The summed E-state index contributed by atoms with van der Waals surface area (Å²) in [7, 11) is -2.43. The molecule has 2 rings (SSSR count). The van der Waals surface area contributed by atoms with Crippen molar-refractivity contribution in [1.82, 2.24) is 4.31 Å². The number of carboxylic acids is 1. The Bertz CT molecular complexity index is 631. The van der Waals surface area contributed by atoms with Crippen LogP contribution in [0.3, 0.4) is 0 Å². The zero-order valence-corrected chi connectivity index (χ0v) is 13.1. The van der Waals surface area contributed by atoms with Gasteiger partial charge in [-0.05, 0) is 40.9 Å². The van der Waals surface area contributed by atoms with Gasteiger partial charge in [0.15, 0.2) is 0 Å². The third-order valence-corrected chi connectivity index (χ3v) is 6.12. The molecule has 8 heteroatoms. The first kappa shape index (κ1) is 15.3. The Hall–Kier alpha value is -1.12. The van der Waals surface area contributed by atoms with Crippen LogP contribution in [0.4, 0.5) is 0 Å². The lowest BCUT2D eigenvalue weighted by atomic mass is 10.2. The first-order chi connectivity index (χ1) is 9.37. The maximum absolute atomic E-state index is 12.6. The second kappa shape index (κ2) is 5.71. The quantitative estimate of drug-likeness (QED) is 0.879. The number of hydrogen-bond acceptors (Lipinski definition) is 4. The molecule has 1 heterocycles. The number of benzene rings is 1. The number of sulfonamides is 1. The zero-order valence-electron chi connectivity index (χ0n) is 10.7. The molecule has 0 radical (unpaired) electrons. The number of methoxy groups -OCH3 is 1. The molecule has 1 atom stereocenters. The van der Waals surface area contributed by atoms with Crippen LogP contribution in [0.2, 0.25) is 0 Å². The van der Waals surface area contributed by atoms with E-state index in [0.717, 1.165) is 4.31 Å². The number of aliphatic carboxylic acids is 1. The van der Waals surface area contributed by atoms with Gasteiger partial charge in [-0.1, -0.05) is 0 Å². The molecule has 110 valence electrons. The average molecular weight is 364 g/mol. The topological polar surface area (TPSA) is 83.9 Å². The smallest absolute Gasteiger partial charge is 0.322 e. The fourth-order valence-corrected chi connectivity index (χ4v) is 4.80. The van der Waals surface area contributed by atoms with Crippen LogP contribution in [0.25, 0.3) is 0 Å². The molecule has 1 aromatic rings. The minimum atomic E-state index is -3.87. The second-order valence-electron chi connectivity index (χ2n) is 4.41. The van der Waals surface area contributed by atoms with Gasteiger partial charge in [0.1, 0.15) is 16.7 Å². The molecule has 1 aliphatic rings. The van der Waals surface area contributed by atoms with Crippen LogP contribution in [0, 0.1) is 0 Å². The van der Waals surface area contributed by atoms with E-state index in [1.165, 1.54) is 13.2 Å². The molecule has 1 aliphatic heterocycles. The Morgan fingerprint density at radius 3 is 2.80 bits per heavy atom. The van der Waals surface area contributed by atoms with Gasteiger partial charge in [0.2, 0.25) is 10.0 Å². The number of ether oxygens (including phenoxy) is 1. The average Bonchev–Trinajstić information content (AvgIpc) is 2.89. The highest BCUT2D eigenvalue weighted by Crippen LogP contribution is 2.32. The van der Waals surface area contributed by atoms with Crippen LogP contribution >= 0.6 is 15.9 Å². The molecular weight excluding hydrogens is 350 g/mol. The Kier molecular flexibility index (Phi) is 4.36. The van der Waals surface area contributed by atoms with Crippen molar-refractivity contribution >= 4 is 31.9 Å². The summed E-state index contributed by atoms with van der Waals surface area (Å²) in [6, 6.07) is 3.58. The van der Waals surface area contributed by atoms with E-state index < -0.39 is 22.0 Å². The highest BCUT2D eigenvalue weighted by molar-refractivity contribution is 9.10. The predicted molar refractivity (Wildman–Crippen MR) is 75.2 cm³/mol.